The Morgan fingerprint density at radius 3 is 2.87 bits per heavy atom. The van der Waals surface area contributed by atoms with Crippen molar-refractivity contribution in [1.82, 2.24) is 9.97 Å². The van der Waals surface area contributed by atoms with Crippen molar-refractivity contribution in [1.29, 1.82) is 0 Å². The van der Waals surface area contributed by atoms with Gasteiger partial charge in [-0.2, -0.15) is 11.8 Å². The molecule has 3 nitrogen and oxygen atoms in total. The van der Waals surface area contributed by atoms with E-state index in [-0.39, 0.29) is 0 Å². The van der Waals surface area contributed by atoms with Crippen LogP contribution in [0.2, 0.25) is 0 Å². The Kier molecular flexibility index (Phi) is 4.75. The van der Waals surface area contributed by atoms with Crippen LogP contribution >= 0.6 is 11.8 Å². The Hall–Kier alpha value is -0.900. The average molecular weight is 224 g/mol. The van der Waals surface area contributed by atoms with Gasteiger partial charge in [0.2, 0.25) is 0 Å². The van der Waals surface area contributed by atoms with Crippen LogP contribution in [0.5, 0.6) is 0 Å². The first-order chi connectivity index (χ1) is 7.15. The van der Waals surface area contributed by atoms with E-state index >= 15 is 0 Å². The van der Waals surface area contributed by atoms with E-state index in [2.05, 4.69) is 23.8 Å². The topological polar surface area (TPSA) is 42.9 Å². The summed E-state index contributed by atoms with van der Waals surface area (Å²) in [7, 11) is 0. The van der Waals surface area contributed by atoms with E-state index in [1.807, 2.05) is 18.7 Å². The van der Waals surface area contributed by atoms with Gasteiger partial charge in [0.25, 0.3) is 0 Å². The summed E-state index contributed by atoms with van der Waals surface area (Å²) in [5.74, 6) is 1.53. The summed E-state index contributed by atoms with van der Waals surface area (Å²) in [5, 5.41) is 0.605. The average Bonchev–Trinajstić information content (AvgIpc) is 2.25. The van der Waals surface area contributed by atoms with Gasteiger partial charge in [0.05, 0.1) is 5.75 Å². The summed E-state index contributed by atoms with van der Waals surface area (Å²) >= 11 is 1.82. The zero-order valence-corrected chi connectivity index (χ0v) is 10.2. The minimum atomic E-state index is 0.474. The molecule has 0 amide bonds. The highest BCUT2D eigenvalue weighted by Crippen LogP contribution is 2.17. The summed E-state index contributed by atoms with van der Waals surface area (Å²) in [6.45, 7) is 6.22. The second-order valence-electron chi connectivity index (χ2n) is 3.50. The first-order valence-corrected chi connectivity index (χ1v) is 6.12. The molecule has 0 N–H and O–H groups in total. The number of aryl methyl sites for hydroxylation is 1. The monoisotopic (exact) mass is 224 g/mol. The number of carbonyl (C=O) groups excluding carboxylic acids is 1. The minimum Gasteiger partial charge on any atom is -0.296 e. The largest absolute Gasteiger partial charge is 0.296 e. The number of aldehydes is 1. The van der Waals surface area contributed by atoms with E-state index in [1.165, 1.54) is 0 Å². The molecule has 0 saturated heterocycles. The molecular formula is C11H16N2OS. The molecule has 0 aromatic carbocycles. The van der Waals surface area contributed by atoms with Gasteiger partial charge in [-0.05, 0) is 19.4 Å². The molecule has 15 heavy (non-hydrogen) atoms. The summed E-state index contributed by atoms with van der Waals surface area (Å²) in [6, 6.07) is 1.70. The standard InChI is InChI=1S/C11H16N2OS/c1-4-9(3)15-7-11-12-8(2)5-10(6-14)13-11/h5-6,9H,4,7H2,1-3H3. The number of hydrogen-bond acceptors (Lipinski definition) is 4. The number of hydrogen-bond donors (Lipinski definition) is 0. The molecule has 0 aliphatic carbocycles. The van der Waals surface area contributed by atoms with Crippen LogP contribution in [0.4, 0.5) is 0 Å². The van der Waals surface area contributed by atoms with E-state index in [0.717, 1.165) is 30.0 Å². The van der Waals surface area contributed by atoms with Gasteiger partial charge < -0.3 is 0 Å². The fraction of sp³-hybridized carbons (Fsp3) is 0.545. The van der Waals surface area contributed by atoms with Crippen LogP contribution in [0.3, 0.4) is 0 Å². The summed E-state index contributed by atoms with van der Waals surface area (Å²) in [4.78, 5) is 19.1. The van der Waals surface area contributed by atoms with Gasteiger partial charge in [-0.3, -0.25) is 4.79 Å². The fourth-order valence-corrected chi connectivity index (χ4v) is 1.91. The predicted octanol–water partition coefficient (Wildman–Crippen LogP) is 2.63. The van der Waals surface area contributed by atoms with Crippen molar-refractivity contribution in [2.75, 3.05) is 0 Å². The second-order valence-corrected chi connectivity index (χ2v) is 4.92. The van der Waals surface area contributed by atoms with Crippen molar-refractivity contribution in [2.24, 2.45) is 0 Å². The van der Waals surface area contributed by atoms with Gasteiger partial charge in [-0.1, -0.05) is 13.8 Å². The van der Waals surface area contributed by atoms with E-state index in [0.29, 0.717) is 10.9 Å². The highest BCUT2D eigenvalue weighted by molar-refractivity contribution is 7.99. The number of aromatic nitrogens is 2. The van der Waals surface area contributed by atoms with Gasteiger partial charge in [-0.15, -0.1) is 0 Å². The molecule has 1 atom stereocenters. The molecule has 1 rings (SSSR count). The zero-order valence-electron chi connectivity index (χ0n) is 9.36. The molecule has 82 valence electrons. The molecule has 0 bridgehead atoms. The highest BCUT2D eigenvalue weighted by Gasteiger charge is 2.04. The lowest BCUT2D eigenvalue weighted by Gasteiger charge is -2.07. The van der Waals surface area contributed by atoms with E-state index in [9.17, 15) is 4.79 Å². The Bertz CT molecular complexity index is 341. The molecule has 0 aliphatic rings. The van der Waals surface area contributed by atoms with Crippen LogP contribution < -0.4 is 0 Å². The second kappa shape index (κ2) is 5.85. The maximum atomic E-state index is 10.6. The zero-order chi connectivity index (χ0) is 11.3. The number of rotatable bonds is 5. The molecule has 4 heteroatoms. The fourth-order valence-electron chi connectivity index (χ4n) is 1.12. The third kappa shape index (κ3) is 4.00. The third-order valence-corrected chi connectivity index (χ3v) is 3.44. The molecule has 0 fully saturated rings. The predicted molar refractivity (Wildman–Crippen MR) is 63.2 cm³/mol. The van der Waals surface area contributed by atoms with Crippen molar-refractivity contribution >= 4 is 18.0 Å². The number of nitrogens with zero attached hydrogens (tertiary/aromatic N) is 2. The van der Waals surface area contributed by atoms with Crippen LogP contribution in [0.1, 0.15) is 42.3 Å². The molecule has 0 saturated carbocycles. The third-order valence-electron chi connectivity index (χ3n) is 2.11. The first kappa shape index (κ1) is 12.2. The van der Waals surface area contributed by atoms with Crippen molar-refractivity contribution < 1.29 is 4.79 Å². The van der Waals surface area contributed by atoms with Crippen LogP contribution in [-0.4, -0.2) is 21.5 Å². The highest BCUT2D eigenvalue weighted by atomic mass is 32.2. The molecule has 1 heterocycles. The van der Waals surface area contributed by atoms with E-state index < -0.39 is 0 Å². The van der Waals surface area contributed by atoms with E-state index in [4.69, 9.17) is 0 Å². The Morgan fingerprint density at radius 2 is 2.27 bits per heavy atom. The maximum Gasteiger partial charge on any atom is 0.168 e. The van der Waals surface area contributed by atoms with E-state index in [1.54, 1.807) is 6.07 Å². The summed E-state index contributed by atoms with van der Waals surface area (Å²) < 4.78 is 0. The molecule has 0 aliphatic heterocycles. The Labute approximate surface area is 94.7 Å². The normalized spacial score (nSPS) is 12.5. The van der Waals surface area contributed by atoms with Gasteiger partial charge in [0, 0.05) is 10.9 Å². The molecule has 1 unspecified atom stereocenters. The first-order valence-electron chi connectivity index (χ1n) is 5.07. The lowest BCUT2D eigenvalue weighted by Crippen LogP contribution is -2.02. The van der Waals surface area contributed by atoms with Crippen molar-refractivity contribution in [3.8, 4) is 0 Å². The van der Waals surface area contributed by atoms with Crippen LogP contribution in [0.15, 0.2) is 6.07 Å². The van der Waals surface area contributed by atoms with Crippen molar-refractivity contribution in [3.63, 3.8) is 0 Å². The van der Waals surface area contributed by atoms with Gasteiger partial charge >= 0.3 is 0 Å². The Morgan fingerprint density at radius 1 is 1.53 bits per heavy atom. The molecule has 1 aromatic rings. The Balaban J connectivity index is 2.68. The van der Waals surface area contributed by atoms with Gasteiger partial charge in [-0.25, -0.2) is 9.97 Å². The van der Waals surface area contributed by atoms with Crippen molar-refractivity contribution in [3.05, 3.63) is 23.3 Å². The summed E-state index contributed by atoms with van der Waals surface area (Å²) in [5.41, 5.74) is 1.33. The molecule has 0 spiro atoms. The maximum absolute atomic E-state index is 10.6. The smallest absolute Gasteiger partial charge is 0.168 e. The van der Waals surface area contributed by atoms with Crippen LogP contribution in [0.25, 0.3) is 0 Å². The van der Waals surface area contributed by atoms with Crippen molar-refractivity contribution in [2.45, 2.75) is 38.2 Å². The number of thioether (sulfide) groups is 1. The number of carbonyl (C=O) groups is 1. The summed E-state index contributed by atoms with van der Waals surface area (Å²) in [6.07, 6.45) is 1.91. The quantitative estimate of drug-likeness (QED) is 0.721. The lowest BCUT2D eigenvalue weighted by atomic mass is 10.3. The van der Waals surface area contributed by atoms with Gasteiger partial charge in [0.15, 0.2) is 6.29 Å². The lowest BCUT2D eigenvalue weighted by molar-refractivity contribution is 0.111. The van der Waals surface area contributed by atoms with Crippen LogP contribution in [0, 0.1) is 6.92 Å². The van der Waals surface area contributed by atoms with Gasteiger partial charge in [0.1, 0.15) is 11.5 Å². The molecular weight excluding hydrogens is 208 g/mol. The molecule has 1 aromatic heterocycles. The SMILES string of the molecule is CCC(C)SCc1nc(C)cc(C=O)n1. The van der Waals surface area contributed by atoms with Crippen LogP contribution in [-0.2, 0) is 5.75 Å². The molecule has 0 radical (unpaired) electrons. The minimum absolute atomic E-state index is 0.474.